The number of carbonyl (C=O) groups excluding carboxylic acids is 1. The van der Waals surface area contributed by atoms with Crippen molar-refractivity contribution in [2.75, 3.05) is 26.9 Å². The summed E-state index contributed by atoms with van der Waals surface area (Å²) in [4.78, 5) is 14.5. The maximum absolute atomic E-state index is 12.4. The summed E-state index contributed by atoms with van der Waals surface area (Å²) in [5.41, 5.74) is 0.716. The standard InChI is InChI=1S/C21H19Cl2NO4S2/c1-3-24-20(25)18(30-21(24)29)12-13-10-15(23)19(17(11-13)26-2)28-9-8-27-16-7-5-4-6-14(16)22/h4-7,10-12H,3,8-9H2,1-2H3/b18-12-. The number of carbonyl (C=O) groups is 1. The van der Waals surface area contributed by atoms with Crippen LogP contribution in [0.15, 0.2) is 41.3 Å². The van der Waals surface area contributed by atoms with Crippen molar-refractivity contribution in [2.45, 2.75) is 6.92 Å². The molecule has 5 nitrogen and oxygen atoms in total. The number of rotatable bonds is 8. The summed E-state index contributed by atoms with van der Waals surface area (Å²) in [6, 6.07) is 10.7. The van der Waals surface area contributed by atoms with Crippen molar-refractivity contribution in [2.24, 2.45) is 0 Å². The van der Waals surface area contributed by atoms with Crippen molar-refractivity contribution in [1.82, 2.24) is 4.90 Å². The number of hydrogen-bond donors (Lipinski definition) is 0. The molecule has 0 aliphatic carbocycles. The first-order chi connectivity index (χ1) is 14.4. The van der Waals surface area contributed by atoms with E-state index in [1.54, 1.807) is 35.2 Å². The Morgan fingerprint density at radius 1 is 1.10 bits per heavy atom. The third-order valence-corrected chi connectivity index (χ3v) is 6.13. The minimum absolute atomic E-state index is 0.111. The number of para-hydroxylation sites is 1. The van der Waals surface area contributed by atoms with Crippen LogP contribution in [0.25, 0.3) is 6.08 Å². The second-order valence-electron chi connectivity index (χ2n) is 6.09. The SMILES string of the molecule is CCN1C(=O)/C(=C/c2cc(Cl)c(OCCOc3ccccc3Cl)c(OC)c2)SC1=S. The number of likely N-dealkylation sites (N-methyl/N-ethyl adjacent to an activating group) is 1. The highest BCUT2D eigenvalue weighted by Crippen LogP contribution is 2.39. The fourth-order valence-corrected chi connectivity index (χ4v) is 4.59. The van der Waals surface area contributed by atoms with E-state index in [0.717, 1.165) is 0 Å². The Balaban J connectivity index is 1.70. The van der Waals surface area contributed by atoms with Crippen LogP contribution in [0.5, 0.6) is 17.2 Å². The van der Waals surface area contributed by atoms with Crippen molar-refractivity contribution in [1.29, 1.82) is 0 Å². The Labute approximate surface area is 194 Å². The Bertz CT molecular complexity index is 997. The number of nitrogens with zero attached hydrogens (tertiary/aromatic N) is 1. The topological polar surface area (TPSA) is 48.0 Å². The minimum Gasteiger partial charge on any atom is -0.493 e. The number of thiocarbonyl (C=S) groups is 1. The van der Waals surface area contributed by atoms with Gasteiger partial charge in [-0.2, -0.15) is 0 Å². The summed E-state index contributed by atoms with van der Waals surface area (Å²) in [5.74, 6) is 1.33. The first-order valence-corrected chi connectivity index (χ1v) is 11.1. The number of amides is 1. The Hall–Kier alpha value is -1.93. The van der Waals surface area contributed by atoms with Gasteiger partial charge in [-0.05, 0) is 42.8 Å². The molecule has 2 aromatic carbocycles. The smallest absolute Gasteiger partial charge is 0.266 e. The number of halogens is 2. The largest absolute Gasteiger partial charge is 0.493 e. The minimum atomic E-state index is -0.111. The summed E-state index contributed by atoms with van der Waals surface area (Å²) in [6.07, 6.45) is 1.74. The van der Waals surface area contributed by atoms with E-state index in [9.17, 15) is 4.79 Å². The maximum atomic E-state index is 12.4. The highest BCUT2D eigenvalue weighted by molar-refractivity contribution is 8.26. The Morgan fingerprint density at radius 3 is 2.50 bits per heavy atom. The van der Waals surface area contributed by atoms with Crippen LogP contribution in [0.1, 0.15) is 12.5 Å². The first-order valence-electron chi connectivity index (χ1n) is 9.07. The van der Waals surface area contributed by atoms with Gasteiger partial charge >= 0.3 is 0 Å². The van der Waals surface area contributed by atoms with Crippen LogP contribution in [-0.2, 0) is 4.79 Å². The van der Waals surface area contributed by atoms with Gasteiger partial charge in [0.1, 0.15) is 23.3 Å². The van der Waals surface area contributed by atoms with Crippen LogP contribution < -0.4 is 14.2 Å². The predicted molar refractivity (Wildman–Crippen MR) is 126 cm³/mol. The van der Waals surface area contributed by atoms with Gasteiger partial charge in [-0.25, -0.2) is 0 Å². The average Bonchev–Trinajstić information content (AvgIpc) is 2.99. The summed E-state index contributed by atoms with van der Waals surface area (Å²) in [6.45, 7) is 2.95. The van der Waals surface area contributed by atoms with Gasteiger partial charge in [0.05, 0.1) is 22.1 Å². The summed E-state index contributed by atoms with van der Waals surface area (Å²) in [5, 5.41) is 0.898. The lowest BCUT2D eigenvalue weighted by atomic mass is 10.1. The number of hydrogen-bond acceptors (Lipinski definition) is 6. The predicted octanol–water partition coefficient (Wildman–Crippen LogP) is 5.68. The van der Waals surface area contributed by atoms with Crippen molar-refractivity contribution in [3.05, 3.63) is 56.9 Å². The number of methoxy groups -OCH3 is 1. The molecular weight excluding hydrogens is 465 g/mol. The lowest BCUT2D eigenvalue weighted by Crippen LogP contribution is -2.27. The monoisotopic (exact) mass is 483 g/mol. The van der Waals surface area contributed by atoms with E-state index in [2.05, 4.69) is 0 Å². The molecule has 0 unspecified atom stereocenters. The van der Waals surface area contributed by atoms with Crippen molar-refractivity contribution in [3.63, 3.8) is 0 Å². The van der Waals surface area contributed by atoms with E-state index < -0.39 is 0 Å². The molecule has 0 spiro atoms. The molecule has 9 heteroatoms. The van der Waals surface area contributed by atoms with E-state index in [4.69, 9.17) is 49.6 Å². The lowest BCUT2D eigenvalue weighted by Gasteiger charge is -2.14. The summed E-state index contributed by atoms with van der Waals surface area (Å²) >= 11 is 19.0. The van der Waals surface area contributed by atoms with Crippen LogP contribution in [0, 0.1) is 0 Å². The van der Waals surface area contributed by atoms with E-state index in [1.807, 2.05) is 19.1 Å². The number of ether oxygens (including phenoxy) is 3. The molecule has 3 rings (SSSR count). The molecule has 0 N–H and O–H groups in total. The van der Waals surface area contributed by atoms with Gasteiger partial charge in [0.15, 0.2) is 11.5 Å². The molecular formula is C21H19Cl2NO4S2. The van der Waals surface area contributed by atoms with Crippen molar-refractivity contribution >= 4 is 63.5 Å². The second-order valence-corrected chi connectivity index (χ2v) is 8.58. The molecule has 0 radical (unpaired) electrons. The summed E-state index contributed by atoms with van der Waals surface area (Å²) < 4.78 is 17.4. The van der Waals surface area contributed by atoms with Gasteiger partial charge in [0.25, 0.3) is 5.91 Å². The Morgan fingerprint density at radius 2 is 1.83 bits per heavy atom. The van der Waals surface area contributed by atoms with Crippen molar-refractivity contribution < 1.29 is 19.0 Å². The zero-order valence-electron chi connectivity index (χ0n) is 16.3. The third-order valence-electron chi connectivity index (χ3n) is 4.16. The molecule has 158 valence electrons. The second kappa shape index (κ2) is 10.4. The van der Waals surface area contributed by atoms with E-state index in [-0.39, 0.29) is 19.1 Å². The average molecular weight is 484 g/mol. The van der Waals surface area contributed by atoms with E-state index >= 15 is 0 Å². The third kappa shape index (κ3) is 5.21. The van der Waals surface area contributed by atoms with E-state index in [0.29, 0.717) is 48.6 Å². The van der Waals surface area contributed by atoms with Crippen LogP contribution in [0.2, 0.25) is 10.0 Å². The Kier molecular flexibility index (Phi) is 7.88. The molecule has 1 aliphatic rings. The number of benzene rings is 2. The van der Waals surface area contributed by atoms with Crippen molar-refractivity contribution in [3.8, 4) is 17.2 Å². The maximum Gasteiger partial charge on any atom is 0.266 e. The molecule has 0 atom stereocenters. The zero-order chi connectivity index (χ0) is 21.7. The van der Waals surface area contributed by atoms with Gasteiger partial charge in [-0.3, -0.25) is 9.69 Å². The molecule has 30 heavy (non-hydrogen) atoms. The lowest BCUT2D eigenvalue weighted by molar-refractivity contribution is -0.121. The first kappa shape index (κ1) is 22.7. The number of thioether (sulfide) groups is 1. The molecule has 1 fully saturated rings. The molecule has 1 heterocycles. The van der Waals surface area contributed by atoms with Gasteiger partial charge in [-0.1, -0.05) is 59.3 Å². The zero-order valence-corrected chi connectivity index (χ0v) is 19.5. The summed E-state index contributed by atoms with van der Waals surface area (Å²) in [7, 11) is 1.53. The normalized spacial score (nSPS) is 15.1. The van der Waals surface area contributed by atoms with Crippen LogP contribution in [-0.4, -0.2) is 42.0 Å². The molecule has 1 amide bonds. The highest BCUT2D eigenvalue weighted by atomic mass is 35.5. The fraction of sp³-hybridized carbons (Fsp3) is 0.238. The molecule has 0 saturated carbocycles. The fourth-order valence-electron chi connectivity index (χ4n) is 2.74. The van der Waals surface area contributed by atoms with Crippen LogP contribution in [0.3, 0.4) is 0 Å². The van der Waals surface area contributed by atoms with Gasteiger partial charge in [0.2, 0.25) is 0 Å². The molecule has 0 aromatic heterocycles. The molecule has 1 aliphatic heterocycles. The molecule has 1 saturated heterocycles. The van der Waals surface area contributed by atoms with Gasteiger partial charge < -0.3 is 14.2 Å². The van der Waals surface area contributed by atoms with E-state index in [1.165, 1.54) is 18.9 Å². The van der Waals surface area contributed by atoms with Crippen LogP contribution >= 0.6 is 47.2 Å². The van der Waals surface area contributed by atoms with Gasteiger partial charge in [0, 0.05) is 6.54 Å². The quantitative estimate of drug-likeness (QED) is 0.273. The highest BCUT2D eigenvalue weighted by Gasteiger charge is 2.30. The van der Waals surface area contributed by atoms with Crippen LogP contribution in [0.4, 0.5) is 0 Å². The molecule has 2 aromatic rings. The van der Waals surface area contributed by atoms with Gasteiger partial charge in [-0.15, -0.1) is 0 Å². The molecule has 0 bridgehead atoms.